The Kier molecular flexibility index (Phi) is 6.20. The Morgan fingerprint density at radius 1 is 1.50 bits per heavy atom. The molecule has 0 spiro atoms. The molecule has 0 amide bonds. The van der Waals surface area contributed by atoms with Crippen molar-refractivity contribution in [3.05, 3.63) is 21.0 Å². The van der Waals surface area contributed by atoms with Crippen LogP contribution in [0.4, 0.5) is 5.69 Å². The number of nitrogens with zero attached hydrogens (tertiary/aromatic N) is 2. The third-order valence-corrected chi connectivity index (χ3v) is 3.56. The highest BCUT2D eigenvalue weighted by molar-refractivity contribution is 9.10. The Bertz CT molecular complexity index is 494. The van der Waals surface area contributed by atoms with Gasteiger partial charge in [0.25, 0.3) is 5.56 Å². The van der Waals surface area contributed by atoms with Gasteiger partial charge in [-0.25, -0.2) is 4.68 Å². The van der Waals surface area contributed by atoms with Gasteiger partial charge in [-0.05, 0) is 34.2 Å². The largest absolute Gasteiger partial charge is 0.391 e. The van der Waals surface area contributed by atoms with E-state index in [1.54, 1.807) is 6.20 Å². The summed E-state index contributed by atoms with van der Waals surface area (Å²) in [5.74, 6) is 0. The molecule has 0 fully saturated rings. The van der Waals surface area contributed by atoms with E-state index >= 15 is 0 Å². The smallest absolute Gasteiger partial charge is 0.283 e. The molecule has 0 aromatic carbocycles. The zero-order valence-electron chi connectivity index (χ0n) is 12.6. The average molecular weight is 346 g/mol. The number of aromatic nitrogens is 2. The van der Waals surface area contributed by atoms with Gasteiger partial charge < -0.3 is 10.4 Å². The normalized spacial score (nSPS) is 13.3. The number of hydrogen-bond acceptors (Lipinski definition) is 4. The Labute approximate surface area is 128 Å². The number of aryl methyl sites for hydroxylation is 1. The van der Waals surface area contributed by atoms with Crippen LogP contribution in [0, 0.1) is 5.41 Å². The lowest BCUT2D eigenvalue weighted by molar-refractivity contribution is 0.132. The van der Waals surface area contributed by atoms with Crippen molar-refractivity contribution >= 4 is 21.6 Å². The first kappa shape index (κ1) is 17.2. The minimum Gasteiger partial charge on any atom is -0.391 e. The molecule has 1 aromatic heterocycles. The van der Waals surface area contributed by atoms with Gasteiger partial charge in [0.05, 0.1) is 18.0 Å². The molecule has 1 unspecified atom stereocenters. The molecule has 0 saturated heterocycles. The Hall–Kier alpha value is -0.880. The molecular weight excluding hydrogens is 322 g/mol. The summed E-state index contributed by atoms with van der Waals surface area (Å²) in [4.78, 5) is 12.0. The van der Waals surface area contributed by atoms with Crippen molar-refractivity contribution in [1.82, 2.24) is 9.78 Å². The van der Waals surface area contributed by atoms with Gasteiger partial charge >= 0.3 is 0 Å². The summed E-state index contributed by atoms with van der Waals surface area (Å²) < 4.78 is 1.89. The van der Waals surface area contributed by atoms with Gasteiger partial charge in [0.1, 0.15) is 4.47 Å². The molecule has 20 heavy (non-hydrogen) atoms. The third-order valence-electron chi connectivity index (χ3n) is 2.80. The highest BCUT2D eigenvalue weighted by Crippen LogP contribution is 2.22. The number of nitrogens with one attached hydrogen (secondary N) is 1. The van der Waals surface area contributed by atoms with Crippen LogP contribution in [-0.2, 0) is 6.54 Å². The molecule has 1 atom stereocenters. The van der Waals surface area contributed by atoms with Crippen LogP contribution in [0.15, 0.2) is 15.5 Å². The van der Waals surface area contributed by atoms with E-state index in [9.17, 15) is 9.90 Å². The first-order valence-electron chi connectivity index (χ1n) is 6.92. The fourth-order valence-electron chi connectivity index (χ4n) is 1.97. The van der Waals surface area contributed by atoms with E-state index in [2.05, 4.69) is 47.1 Å². The molecule has 1 aromatic rings. The summed E-state index contributed by atoms with van der Waals surface area (Å²) in [5.41, 5.74) is 0.540. The maximum Gasteiger partial charge on any atom is 0.283 e. The SMILES string of the molecule is CCCn1ncc(NCC(O)CC(C)(C)C)c(Br)c1=O. The van der Waals surface area contributed by atoms with Crippen molar-refractivity contribution in [3.8, 4) is 0 Å². The molecule has 114 valence electrons. The summed E-state index contributed by atoms with van der Waals surface area (Å²) in [5, 5.41) is 17.1. The molecule has 0 aliphatic heterocycles. The first-order chi connectivity index (χ1) is 9.24. The van der Waals surface area contributed by atoms with Gasteiger partial charge in [-0.2, -0.15) is 5.10 Å². The maximum atomic E-state index is 12.0. The summed E-state index contributed by atoms with van der Waals surface area (Å²) in [6.07, 6.45) is 2.71. The minimum absolute atomic E-state index is 0.0705. The Balaban J connectivity index is 2.70. The van der Waals surface area contributed by atoms with E-state index < -0.39 is 6.10 Å². The van der Waals surface area contributed by atoms with Gasteiger partial charge in [-0.1, -0.05) is 27.7 Å². The summed E-state index contributed by atoms with van der Waals surface area (Å²) in [6.45, 7) is 9.25. The molecule has 0 aliphatic rings. The molecule has 0 radical (unpaired) electrons. The second-order valence-corrected chi connectivity index (χ2v) is 6.99. The Morgan fingerprint density at radius 3 is 2.70 bits per heavy atom. The third kappa shape index (κ3) is 5.25. The summed E-state index contributed by atoms with van der Waals surface area (Å²) in [7, 11) is 0. The van der Waals surface area contributed by atoms with Crippen molar-refractivity contribution in [2.75, 3.05) is 11.9 Å². The molecule has 5 nitrogen and oxygen atoms in total. The van der Waals surface area contributed by atoms with Crippen LogP contribution in [0.25, 0.3) is 0 Å². The predicted molar refractivity (Wildman–Crippen MR) is 85.1 cm³/mol. The molecule has 6 heteroatoms. The van der Waals surface area contributed by atoms with Gasteiger partial charge in [-0.3, -0.25) is 4.79 Å². The second kappa shape index (κ2) is 7.22. The van der Waals surface area contributed by atoms with Crippen LogP contribution in [0.1, 0.15) is 40.5 Å². The molecule has 0 saturated carbocycles. The topological polar surface area (TPSA) is 67.2 Å². The van der Waals surface area contributed by atoms with Crippen molar-refractivity contribution in [3.63, 3.8) is 0 Å². The van der Waals surface area contributed by atoms with Crippen LogP contribution < -0.4 is 10.9 Å². The highest BCUT2D eigenvalue weighted by Gasteiger charge is 2.17. The van der Waals surface area contributed by atoms with Crippen LogP contribution in [-0.4, -0.2) is 27.5 Å². The number of aliphatic hydroxyl groups is 1. The minimum atomic E-state index is -0.458. The summed E-state index contributed by atoms with van der Waals surface area (Å²) in [6, 6.07) is 0. The van der Waals surface area contributed by atoms with E-state index in [-0.39, 0.29) is 11.0 Å². The first-order valence-corrected chi connectivity index (χ1v) is 7.71. The standard InChI is InChI=1S/C14H24BrN3O2/c1-5-6-18-13(20)12(15)11(9-17-18)16-8-10(19)7-14(2,3)4/h9-10,16,19H,5-8H2,1-4H3. The van der Waals surface area contributed by atoms with Crippen LogP contribution in [0.2, 0.25) is 0 Å². The van der Waals surface area contributed by atoms with Gasteiger partial charge in [0.2, 0.25) is 0 Å². The number of hydrogen-bond donors (Lipinski definition) is 2. The van der Waals surface area contributed by atoms with Crippen LogP contribution in [0.5, 0.6) is 0 Å². The number of aliphatic hydroxyl groups excluding tert-OH is 1. The highest BCUT2D eigenvalue weighted by atomic mass is 79.9. The van der Waals surface area contributed by atoms with Crippen molar-refractivity contribution in [1.29, 1.82) is 0 Å². The average Bonchev–Trinajstić information content (AvgIpc) is 2.32. The van der Waals surface area contributed by atoms with E-state index in [0.29, 0.717) is 29.7 Å². The number of halogens is 1. The van der Waals surface area contributed by atoms with E-state index in [0.717, 1.165) is 6.42 Å². The molecule has 1 heterocycles. The van der Waals surface area contributed by atoms with Gasteiger partial charge in [0, 0.05) is 13.1 Å². The fraction of sp³-hybridized carbons (Fsp3) is 0.714. The van der Waals surface area contributed by atoms with Crippen LogP contribution in [0.3, 0.4) is 0 Å². The fourth-order valence-corrected chi connectivity index (χ4v) is 2.41. The predicted octanol–water partition coefficient (Wildman–Crippen LogP) is 2.62. The zero-order valence-corrected chi connectivity index (χ0v) is 14.2. The van der Waals surface area contributed by atoms with E-state index in [1.807, 2.05) is 6.92 Å². The van der Waals surface area contributed by atoms with Crippen LogP contribution >= 0.6 is 15.9 Å². The molecule has 1 rings (SSSR count). The van der Waals surface area contributed by atoms with Crippen molar-refractivity contribution < 1.29 is 5.11 Å². The monoisotopic (exact) mass is 345 g/mol. The number of rotatable bonds is 6. The van der Waals surface area contributed by atoms with E-state index in [4.69, 9.17) is 0 Å². The molecular formula is C14H24BrN3O2. The maximum absolute atomic E-state index is 12.0. The zero-order chi connectivity index (χ0) is 15.3. The molecule has 0 bridgehead atoms. The Morgan fingerprint density at radius 2 is 2.15 bits per heavy atom. The lowest BCUT2D eigenvalue weighted by Gasteiger charge is -2.23. The second-order valence-electron chi connectivity index (χ2n) is 6.20. The van der Waals surface area contributed by atoms with Gasteiger partial charge in [-0.15, -0.1) is 0 Å². The molecule has 2 N–H and O–H groups in total. The lowest BCUT2D eigenvalue weighted by atomic mass is 9.89. The molecule has 0 aliphatic carbocycles. The van der Waals surface area contributed by atoms with E-state index in [1.165, 1.54) is 4.68 Å². The lowest BCUT2D eigenvalue weighted by Crippen LogP contribution is -2.28. The summed E-state index contributed by atoms with van der Waals surface area (Å²) >= 11 is 3.30. The number of anilines is 1. The van der Waals surface area contributed by atoms with Gasteiger partial charge in [0.15, 0.2) is 0 Å². The van der Waals surface area contributed by atoms with Crippen molar-refractivity contribution in [2.24, 2.45) is 5.41 Å². The van der Waals surface area contributed by atoms with Crippen molar-refractivity contribution in [2.45, 2.75) is 53.2 Å². The quantitative estimate of drug-likeness (QED) is 0.831.